The fourth-order valence-corrected chi connectivity index (χ4v) is 2.79. The number of nitrogens with one attached hydrogen (secondary N) is 2. The third kappa shape index (κ3) is 2.23. The van der Waals surface area contributed by atoms with Crippen molar-refractivity contribution in [2.45, 2.75) is 20.3 Å². The van der Waals surface area contributed by atoms with Crippen LogP contribution in [0, 0.1) is 17.3 Å². The zero-order chi connectivity index (χ0) is 13.3. The highest BCUT2D eigenvalue weighted by Crippen LogP contribution is 2.32. The van der Waals surface area contributed by atoms with Crippen molar-refractivity contribution in [1.29, 1.82) is 0 Å². The minimum Gasteiger partial charge on any atom is -0.359 e. The quantitative estimate of drug-likeness (QED) is 0.734. The van der Waals surface area contributed by atoms with Crippen molar-refractivity contribution < 1.29 is 9.59 Å². The minimum absolute atomic E-state index is 0.0377. The number of hydrogen-bond donors (Lipinski definition) is 2. The summed E-state index contributed by atoms with van der Waals surface area (Å²) in [5.41, 5.74) is -0.415. The Morgan fingerprint density at radius 1 is 1.44 bits per heavy atom. The van der Waals surface area contributed by atoms with Gasteiger partial charge in [-0.15, -0.1) is 0 Å². The minimum atomic E-state index is -0.415. The van der Waals surface area contributed by atoms with Gasteiger partial charge >= 0.3 is 0 Å². The van der Waals surface area contributed by atoms with Gasteiger partial charge in [-0.25, -0.2) is 0 Å². The fourth-order valence-electron chi connectivity index (χ4n) is 2.79. The predicted molar refractivity (Wildman–Crippen MR) is 68.9 cm³/mol. The molecule has 0 aromatic rings. The van der Waals surface area contributed by atoms with E-state index < -0.39 is 5.41 Å². The molecule has 2 aliphatic heterocycles. The van der Waals surface area contributed by atoms with Gasteiger partial charge < -0.3 is 15.5 Å². The number of carbonyl (C=O) groups excluding carboxylic acids is 2. The monoisotopic (exact) mass is 253 g/mol. The van der Waals surface area contributed by atoms with Gasteiger partial charge in [-0.05, 0) is 32.4 Å². The van der Waals surface area contributed by atoms with Gasteiger partial charge in [0.25, 0.3) is 0 Å². The van der Waals surface area contributed by atoms with E-state index in [4.69, 9.17) is 0 Å². The van der Waals surface area contributed by atoms with Gasteiger partial charge in [0.2, 0.25) is 11.8 Å². The summed E-state index contributed by atoms with van der Waals surface area (Å²) in [6.07, 6.45) is 0.758. The summed E-state index contributed by atoms with van der Waals surface area (Å²) in [5.74, 6) is 0.771. The van der Waals surface area contributed by atoms with Crippen molar-refractivity contribution >= 4 is 11.8 Å². The number of rotatable bonds is 3. The molecule has 2 heterocycles. The van der Waals surface area contributed by atoms with Crippen molar-refractivity contribution in [3.63, 3.8) is 0 Å². The second kappa shape index (κ2) is 4.88. The Morgan fingerprint density at radius 2 is 2.11 bits per heavy atom. The second-order valence-electron chi connectivity index (χ2n) is 5.86. The van der Waals surface area contributed by atoms with E-state index in [1.807, 2.05) is 18.7 Å². The highest BCUT2D eigenvalue weighted by atomic mass is 16.2. The molecule has 0 radical (unpaired) electrons. The average molecular weight is 253 g/mol. The fraction of sp³-hybridized carbons (Fsp3) is 0.846. The lowest BCUT2D eigenvalue weighted by molar-refractivity contribution is -0.137. The summed E-state index contributed by atoms with van der Waals surface area (Å²) in [4.78, 5) is 26.0. The first-order chi connectivity index (χ1) is 8.48. The summed E-state index contributed by atoms with van der Waals surface area (Å²) >= 11 is 0. The maximum atomic E-state index is 12.3. The van der Waals surface area contributed by atoms with Crippen molar-refractivity contribution in [2.75, 3.05) is 33.2 Å². The topological polar surface area (TPSA) is 61.4 Å². The number of carbonyl (C=O) groups is 2. The molecular weight excluding hydrogens is 230 g/mol. The molecule has 5 nitrogen and oxygen atoms in total. The molecule has 0 spiro atoms. The van der Waals surface area contributed by atoms with Crippen LogP contribution >= 0.6 is 0 Å². The Hall–Kier alpha value is -1.10. The van der Waals surface area contributed by atoms with Crippen LogP contribution < -0.4 is 10.6 Å². The Bertz CT molecular complexity index is 354. The van der Waals surface area contributed by atoms with E-state index in [2.05, 4.69) is 10.6 Å². The van der Waals surface area contributed by atoms with Gasteiger partial charge in [0.05, 0.1) is 5.41 Å². The van der Waals surface area contributed by atoms with Crippen molar-refractivity contribution in [3.8, 4) is 0 Å². The third-order valence-electron chi connectivity index (χ3n) is 4.47. The molecule has 2 unspecified atom stereocenters. The molecule has 2 aliphatic rings. The smallest absolute Gasteiger partial charge is 0.227 e. The Kier molecular flexibility index (Phi) is 3.61. The average Bonchev–Trinajstić information content (AvgIpc) is 2.68. The molecule has 2 rings (SSSR count). The van der Waals surface area contributed by atoms with E-state index in [9.17, 15) is 9.59 Å². The van der Waals surface area contributed by atoms with Crippen LogP contribution in [-0.4, -0.2) is 49.9 Å². The Labute approximate surface area is 108 Å². The molecule has 102 valence electrons. The summed E-state index contributed by atoms with van der Waals surface area (Å²) in [6, 6.07) is 0. The molecule has 2 fully saturated rings. The first-order valence-electron chi connectivity index (χ1n) is 6.69. The lowest BCUT2D eigenvalue weighted by Crippen LogP contribution is -2.50. The lowest BCUT2D eigenvalue weighted by atomic mass is 9.87. The van der Waals surface area contributed by atoms with Crippen molar-refractivity contribution in [3.05, 3.63) is 0 Å². The van der Waals surface area contributed by atoms with Crippen LogP contribution in [0.5, 0.6) is 0 Å². The molecule has 0 aromatic carbocycles. The van der Waals surface area contributed by atoms with E-state index in [1.54, 1.807) is 7.05 Å². The van der Waals surface area contributed by atoms with Crippen molar-refractivity contribution in [1.82, 2.24) is 15.5 Å². The van der Waals surface area contributed by atoms with Crippen molar-refractivity contribution in [2.24, 2.45) is 17.3 Å². The van der Waals surface area contributed by atoms with Gasteiger partial charge in [0.15, 0.2) is 0 Å². The van der Waals surface area contributed by atoms with Gasteiger partial charge in [0.1, 0.15) is 0 Å². The molecule has 2 saturated heterocycles. The maximum Gasteiger partial charge on any atom is 0.227 e. The van der Waals surface area contributed by atoms with Gasteiger partial charge in [-0.3, -0.25) is 9.59 Å². The molecule has 2 amide bonds. The normalized spacial score (nSPS) is 29.8. The van der Waals surface area contributed by atoms with Crippen LogP contribution in [0.1, 0.15) is 20.3 Å². The molecular formula is C13H23N3O2. The van der Waals surface area contributed by atoms with Gasteiger partial charge in [-0.1, -0.05) is 6.92 Å². The first kappa shape index (κ1) is 13.3. The largest absolute Gasteiger partial charge is 0.359 e. The molecule has 2 N–H and O–H groups in total. The zero-order valence-electron chi connectivity index (χ0n) is 11.5. The zero-order valence-corrected chi connectivity index (χ0v) is 11.5. The predicted octanol–water partition coefficient (Wildman–Crippen LogP) is -0.173. The molecule has 0 aromatic heterocycles. The van der Waals surface area contributed by atoms with Gasteiger partial charge in [-0.2, -0.15) is 0 Å². The first-order valence-corrected chi connectivity index (χ1v) is 6.69. The van der Waals surface area contributed by atoms with Crippen LogP contribution in [0.2, 0.25) is 0 Å². The summed E-state index contributed by atoms with van der Waals surface area (Å²) in [5, 5.41) is 5.89. The van der Waals surface area contributed by atoms with Gasteiger partial charge in [0, 0.05) is 26.1 Å². The van der Waals surface area contributed by atoms with Crippen LogP contribution in [0.25, 0.3) is 0 Å². The van der Waals surface area contributed by atoms with Crippen LogP contribution in [-0.2, 0) is 9.59 Å². The molecule has 5 heteroatoms. The van der Waals surface area contributed by atoms with E-state index >= 15 is 0 Å². The van der Waals surface area contributed by atoms with Crippen LogP contribution in [0.3, 0.4) is 0 Å². The number of amides is 2. The maximum absolute atomic E-state index is 12.3. The highest BCUT2D eigenvalue weighted by molar-refractivity contribution is 5.85. The molecule has 0 aliphatic carbocycles. The second-order valence-corrected chi connectivity index (χ2v) is 5.86. The van der Waals surface area contributed by atoms with Crippen LogP contribution in [0.15, 0.2) is 0 Å². The third-order valence-corrected chi connectivity index (χ3v) is 4.47. The summed E-state index contributed by atoms with van der Waals surface area (Å²) < 4.78 is 0. The molecule has 18 heavy (non-hydrogen) atoms. The van der Waals surface area contributed by atoms with E-state index in [0.29, 0.717) is 19.0 Å². The molecule has 0 bridgehead atoms. The lowest BCUT2D eigenvalue weighted by Gasteiger charge is -2.34. The number of nitrogens with zero attached hydrogens (tertiary/aromatic N) is 1. The van der Waals surface area contributed by atoms with E-state index in [-0.39, 0.29) is 17.7 Å². The van der Waals surface area contributed by atoms with E-state index in [1.165, 1.54) is 0 Å². The van der Waals surface area contributed by atoms with E-state index in [0.717, 1.165) is 19.5 Å². The summed E-state index contributed by atoms with van der Waals surface area (Å²) in [7, 11) is 1.65. The number of hydrogen-bond acceptors (Lipinski definition) is 3. The Morgan fingerprint density at radius 3 is 2.61 bits per heavy atom. The number of likely N-dealkylation sites (tertiary alicyclic amines) is 1. The SMILES string of the molecule is CNC(=O)C1(C)CCN(C(=O)C(C)C2CNC2)C1. The summed E-state index contributed by atoms with van der Waals surface area (Å²) in [6.45, 7) is 7.07. The molecule has 0 saturated carbocycles. The Balaban J connectivity index is 1.95. The molecule has 2 atom stereocenters. The highest BCUT2D eigenvalue weighted by Gasteiger charge is 2.43. The van der Waals surface area contributed by atoms with Crippen LogP contribution in [0.4, 0.5) is 0 Å². The standard InChI is InChI=1S/C13H23N3O2/c1-9(10-6-15-7-10)11(17)16-5-4-13(2,8-16)12(18)14-3/h9-10,15H,4-8H2,1-3H3,(H,14,18).